The molecule has 1 fully saturated rings. The van der Waals surface area contributed by atoms with Crippen LogP contribution in [0.2, 0.25) is 0 Å². The minimum Gasteiger partial charge on any atom is -0.481 e. The van der Waals surface area contributed by atoms with Gasteiger partial charge in [-0.15, -0.1) is 0 Å². The molecule has 1 aliphatic rings. The molecule has 1 amide bonds. The lowest BCUT2D eigenvalue weighted by Crippen LogP contribution is -2.44. The van der Waals surface area contributed by atoms with E-state index < -0.39 is 11.9 Å². The van der Waals surface area contributed by atoms with Crippen molar-refractivity contribution >= 4 is 17.6 Å². The van der Waals surface area contributed by atoms with Crippen LogP contribution in [-0.4, -0.2) is 54.7 Å². The van der Waals surface area contributed by atoms with Crippen LogP contribution in [0.15, 0.2) is 24.3 Å². The first-order valence-electron chi connectivity index (χ1n) is 6.84. The summed E-state index contributed by atoms with van der Waals surface area (Å²) >= 11 is 0. The third-order valence-corrected chi connectivity index (χ3v) is 3.63. The summed E-state index contributed by atoms with van der Waals surface area (Å²) in [6, 6.07) is 7.26. The van der Waals surface area contributed by atoms with Crippen LogP contribution < -0.4 is 5.32 Å². The average Bonchev–Trinajstić information content (AvgIpc) is 2.87. The van der Waals surface area contributed by atoms with Gasteiger partial charge in [0.15, 0.2) is 0 Å². The Morgan fingerprint density at radius 2 is 2.19 bits per heavy atom. The molecule has 1 aromatic carbocycles. The molecule has 0 radical (unpaired) electrons. The van der Waals surface area contributed by atoms with Gasteiger partial charge in [-0.3, -0.25) is 14.5 Å². The number of carbonyl (C=O) groups is 2. The molecule has 6 nitrogen and oxygen atoms in total. The van der Waals surface area contributed by atoms with Crippen molar-refractivity contribution in [3.8, 4) is 0 Å². The van der Waals surface area contributed by atoms with Gasteiger partial charge in [0.05, 0.1) is 25.7 Å². The van der Waals surface area contributed by atoms with E-state index in [9.17, 15) is 9.59 Å². The van der Waals surface area contributed by atoms with Gasteiger partial charge in [0.2, 0.25) is 5.91 Å². The highest BCUT2D eigenvalue weighted by molar-refractivity contribution is 5.92. The van der Waals surface area contributed by atoms with Crippen molar-refractivity contribution in [3.05, 3.63) is 29.8 Å². The quantitative estimate of drug-likeness (QED) is 0.845. The van der Waals surface area contributed by atoms with Gasteiger partial charge in [0, 0.05) is 11.7 Å². The van der Waals surface area contributed by atoms with Crippen LogP contribution in [0.4, 0.5) is 5.69 Å². The number of likely N-dealkylation sites (N-methyl/N-ethyl adjacent to an activating group) is 1. The third kappa shape index (κ3) is 4.03. The number of amides is 1. The number of nitrogens with one attached hydrogen (secondary N) is 1. The van der Waals surface area contributed by atoms with Gasteiger partial charge in [-0.05, 0) is 31.7 Å². The molecular formula is C15H20N2O4. The second kappa shape index (κ2) is 6.69. The van der Waals surface area contributed by atoms with E-state index in [0.717, 1.165) is 11.3 Å². The monoisotopic (exact) mass is 292 g/mol. The second-order valence-corrected chi connectivity index (χ2v) is 5.38. The largest absolute Gasteiger partial charge is 0.481 e. The molecule has 1 heterocycles. The van der Waals surface area contributed by atoms with Crippen molar-refractivity contribution in [2.24, 2.45) is 5.92 Å². The highest BCUT2D eigenvalue weighted by atomic mass is 16.5. The fourth-order valence-corrected chi connectivity index (χ4v) is 2.48. The SMILES string of the molecule is Cc1cccc(NC(=O)CN(C)C2COCC2C(=O)O)c1. The van der Waals surface area contributed by atoms with Gasteiger partial charge in [-0.1, -0.05) is 12.1 Å². The Morgan fingerprint density at radius 3 is 2.86 bits per heavy atom. The number of hydrogen-bond acceptors (Lipinski definition) is 4. The topological polar surface area (TPSA) is 78.9 Å². The van der Waals surface area contributed by atoms with Crippen molar-refractivity contribution in [1.29, 1.82) is 0 Å². The molecule has 1 aliphatic heterocycles. The van der Waals surface area contributed by atoms with Crippen LogP contribution in [0.3, 0.4) is 0 Å². The van der Waals surface area contributed by atoms with Crippen molar-refractivity contribution in [1.82, 2.24) is 4.90 Å². The predicted octanol–water partition coefficient (Wildman–Crippen LogP) is 0.965. The van der Waals surface area contributed by atoms with Crippen LogP contribution in [0.1, 0.15) is 5.56 Å². The van der Waals surface area contributed by atoms with E-state index in [0.29, 0.717) is 6.61 Å². The first-order valence-corrected chi connectivity index (χ1v) is 6.84. The fourth-order valence-electron chi connectivity index (χ4n) is 2.48. The number of nitrogens with zero attached hydrogens (tertiary/aromatic N) is 1. The lowest BCUT2D eigenvalue weighted by Gasteiger charge is -2.25. The standard InChI is InChI=1S/C15H20N2O4/c1-10-4-3-5-11(6-10)16-14(18)7-17(2)13-9-21-8-12(13)15(19)20/h3-6,12-13H,7-9H2,1-2H3,(H,16,18)(H,19,20). The van der Waals surface area contributed by atoms with E-state index >= 15 is 0 Å². The Morgan fingerprint density at radius 1 is 1.43 bits per heavy atom. The molecule has 2 rings (SSSR count). The minimum atomic E-state index is -0.886. The maximum Gasteiger partial charge on any atom is 0.310 e. The summed E-state index contributed by atoms with van der Waals surface area (Å²) < 4.78 is 5.21. The first-order chi connectivity index (χ1) is 9.97. The van der Waals surface area contributed by atoms with Crippen LogP contribution in [0.25, 0.3) is 0 Å². The van der Waals surface area contributed by atoms with Crippen LogP contribution in [-0.2, 0) is 14.3 Å². The normalized spacial score (nSPS) is 21.5. The lowest BCUT2D eigenvalue weighted by atomic mass is 10.0. The predicted molar refractivity (Wildman–Crippen MR) is 78.2 cm³/mol. The molecule has 1 aromatic rings. The summed E-state index contributed by atoms with van der Waals surface area (Å²) in [6.07, 6.45) is 0. The van der Waals surface area contributed by atoms with E-state index in [1.165, 1.54) is 0 Å². The van der Waals surface area contributed by atoms with E-state index in [-0.39, 0.29) is 25.1 Å². The zero-order valence-corrected chi connectivity index (χ0v) is 12.2. The van der Waals surface area contributed by atoms with Crippen LogP contribution in [0, 0.1) is 12.8 Å². The van der Waals surface area contributed by atoms with Crippen molar-refractivity contribution in [3.63, 3.8) is 0 Å². The number of aliphatic carboxylic acids is 1. The Hall–Kier alpha value is -1.92. The average molecular weight is 292 g/mol. The molecule has 2 unspecified atom stereocenters. The number of carboxylic acids is 1. The molecule has 6 heteroatoms. The molecular weight excluding hydrogens is 272 g/mol. The first kappa shape index (κ1) is 15.5. The van der Waals surface area contributed by atoms with Gasteiger partial charge in [0.1, 0.15) is 0 Å². The van der Waals surface area contributed by atoms with E-state index in [1.807, 2.05) is 31.2 Å². The Bertz CT molecular complexity index is 532. The van der Waals surface area contributed by atoms with Crippen molar-refractivity contribution in [2.45, 2.75) is 13.0 Å². The number of rotatable bonds is 5. The summed E-state index contributed by atoms with van der Waals surface area (Å²) in [4.78, 5) is 24.9. The van der Waals surface area contributed by atoms with Gasteiger partial charge in [-0.25, -0.2) is 0 Å². The number of hydrogen-bond donors (Lipinski definition) is 2. The minimum absolute atomic E-state index is 0.131. The highest BCUT2D eigenvalue weighted by Crippen LogP contribution is 2.19. The fraction of sp³-hybridized carbons (Fsp3) is 0.467. The van der Waals surface area contributed by atoms with E-state index in [4.69, 9.17) is 9.84 Å². The lowest BCUT2D eigenvalue weighted by molar-refractivity contribution is -0.143. The molecule has 0 aromatic heterocycles. The Kier molecular flexibility index (Phi) is 4.93. The Balaban J connectivity index is 1.91. The number of benzene rings is 1. The third-order valence-electron chi connectivity index (χ3n) is 3.63. The molecule has 114 valence electrons. The number of anilines is 1. The maximum atomic E-state index is 12.0. The number of ether oxygens (including phenoxy) is 1. The van der Waals surface area contributed by atoms with Crippen LogP contribution in [0.5, 0.6) is 0 Å². The van der Waals surface area contributed by atoms with Gasteiger partial charge < -0.3 is 15.2 Å². The molecule has 0 spiro atoms. The molecule has 0 saturated carbocycles. The van der Waals surface area contributed by atoms with E-state index in [1.54, 1.807) is 11.9 Å². The number of carboxylic acid groups (broad SMARTS) is 1. The second-order valence-electron chi connectivity index (χ2n) is 5.38. The van der Waals surface area contributed by atoms with Crippen molar-refractivity contribution in [2.75, 3.05) is 32.1 Å². The van der Waals surface area contributed by atoms with Gasteiger partial charge in [-0.2, -0.15) is 0 Å². The molecule has 0 bridgehead atoms. The zero-order chi connectivity index (χ0) is 15.4. The van der Waals surface area contributed by atoms with Gasteiger partial charge >= 0.3 is 5.97 Å². The summed E-state index contributed by atoms with van der Waals surface area (Å²) in [5, 5.41) is 11.9. The smallest absolute Gasteiger partial charge is 0.310 e. The summed E-state index contributed by atoms with van der Waals surface area (Å²) in [7, 11) is 1.74. The number of carbonyl (C=O) groups excluding carboxylic acids is 1. The summed E-state index contributed by atoms with van der Waals surface area (Å²) in [5.74, 6) is -1.63. The number of aryl methyl sites for hydroxylation is 1. The Labute approximate surface area is 123 Å². The maximum absolute atomic E-state index is 12.0. The van der Waals surface area contributed by atoms with E-state index in [2.05, 4.69) is 5.32 Å². The summed E-state index contributed by atoms with van der Waals surface area (Å²) in [5.41, 5.74) is 1.81. The van der Waals surface area contributed by atoms with Crippen molar-refractivity contribution < 1.29 is 19.4 Å². The molecule has 0 aliphatic carbocycles. The zero-order valence-electron chi connectivity index (χ0n) is 12.2. The molecule has 21 heavy (non-hydrogen) atoms. The summed E-state index contributed by atoms with van der Waals surface area (Å²) in [6.45, 7) is 2.62. The highest BCUT2D eigenvalue weighted by Gasteiger charge is 2.37. The molecule has 2 N–H and O–H groups in total. The molecule has 2 atom stereocenters. The molecule has 1 saturated heterocycles. The van der Waals surface area contributed by atoms with Crippen LogP contribution >= 0.6 is 0 Å². The van der Waals surface area contributed by atoms with Gasteiger partial charge in [0.25, 0.3) is 0 Å².